The maximum Gasteiger partial charge on any atom is 0.332 e. The van der Waals surface area contributed by atoms with Gasteiger partial charge in [-0.25, -0.2) is 4.79 Å². The van der Waals surface area contributed by atoms with Crippen molar-refractivity contribution in [3.8, 4) is 11.1 Å². The number of carboxylic acid groups (broad SMARTS) is 1. The maximum absolute atomic E-state index is 13.3. The van der Waals surface area contributed by atoms with E-state index >= 15 is 0 Å². The van der Waals surface area contributed by atoms with Crippen LogP contribution in [-0.2, 0) is 33.2 Å². The molecular formula is C39H53NO15. The number of aliphatic hydroxyl groups excluding tert-OH is 6. The molecule has 13 unspecified atom stereocenters. The molecule has 6 rings (SSSR count). The lowest BCUT2D eigenvalue weighted by molar-refractivity contribution is -0.350. The molecule has 0 spiro atoms. The Kier molecular flexibility index (Phi) is 14.6. The summed E-state index contributed by atoms with van der Waals surface area (Å²) in [6, 6.07) is 16.7. The Morgan fingerprint density at radius 1 is 0.764 bits per heavy atom. The van der Waals surface area contributed by atoms with Gasteiger partial charge in [-0.1, -0.05) is 74.6 Å². The van der Waals surface area contributed by atoms with Gasteiger partial charge in [0, 0.05) is 18.7 Å². The highest BCUT2D eigenvalue weighted by Gasteiger charge is 2.51. The maximum atomic E-state index is 13.3. The molecule has 3 saturated heterocycles. The van der Waals surface area contributed by atoms with Gasteiger partial charge in [-0.2, -0.15) is 0 Å². The van der Waals surface area contributed by atoms with Crippen LogP contribution in [0.5, 0.6) is 0 Å². The molecule has 304 valence electrons. The first kappa shape index (κ1) is 41.5. The molecule has 1 amide bonds. The second-order valence-electron chi connectivity index (χ2n) is 14.8. The van der Waals surface area contributed by atoms with E-state index in [2.05, 4.69) is 5.32 Å². The molecule has 0 aromatic heterocycles. The molecule has 2 aromatic rings. The van der Waals surface area contributed by atoms with Crippen LogP contribution in [0, 0.1) is 5.92 Å². The predicted octanol–water partition coefficient (Wildman–Crippen LogP) is 0.330. The van der Waals surface area contributed by atoms with E-state index in [1.807, 2.05) is 42.5 Å². The first-order valence-corrected chi connectivity index (χ1v) is 19.1. The van der Waals surface area contributed by atoms with E-state index in [4.69, 9.17) is 28.4 Å². The molecule has 16 heteroatoms. The standard InChI is InChI=1S/C39H53NO15/c41-19-29-31(44)35(52-27(37(48)49)17-21-7-3-1-4-8-21)33(46)39(54-29)53-26-15-16-50-28(34(26)55-38-32(45)30(43)25(42)20-51-38)18-40-36(47)24-13-11-23(12-14-24)22-9-5-2-6-10-22/h2,5-6,9-14,21,25-35,38-39,41-46H,1,3-4,7-8,15-20H2,(H,40,47)(H,48,49). The van der Waals surface area contributed by atoms with Crippen LogP contribution in [0.2, 0.25) is 0 Å². The van der Waals surface area contributed by atoms with Crippen LogP contribution in [0.1, 0.15) is 55.3 Å². The van der Waals surface area contributed by atoms with Gasteiger partial charge in [0.15, 0.2) is 18.7 Å². The van der Waals surface area contributed by atoms with Gasteiger partial charge >= 0.3 is 5.97 Å². The van der Waals surface area contributed by atoms with Gasteiger partial charge in [0.05, 0.1) is 19.3 Å². The SMILES string of the molecule is O=C(NCC1OCCC(OC2OC(CO)C(O)C(OC(CC3CCCCC3)C(=O)O)C2O)C1OC1OCC(O)C(O)C1O)c1ccc(-c2ccccc2)cc1. The zero-order chi connectivity index (χ0) is 39.1. The fraction of sp³-hybridized carbons (Fsp3) is 0.641. The van der Waals surface area contributed by atoms with Gasteiger partial charge in [0.2, 0.25) is 0 Å². The number of nitrogens with one attached hydrogen (secondary N) is 1. The molecule has 16 nitrogen and oxygen atoms in total. The summed E-state index contributed by atoms with van der Waals surface area (Å²) in [7, 11) is 0. The summed E-state index contributed by atoms with van der Waals surface area (Å²) in [5.74, 6) is -1.56. The molecule has 8 N–H and O–H groups in total. The molecule has 3 aliphatic heterocycles. The van der Waals surface area contributed by atoms with Crippen molar-refractivity contribution in [3.63, 3.8) is 0 Å². The molecule has 0 radical (unpaired) electrons. The number of benzene rings is 2. The molecular weight excluding hydrogens is 722 g/mol. The molecule has 2 aromatic carbocycles. The van der Waals surface area contributed by atoms with Crippen LogP contribution < -0.4 is 5.32 Å². The lowest BCUT2D eigenvalue weighted by atomic mass is 9.85. The third kappa shape index (κ3) is 10.3. The number of carboxylic acids is 1. The number of aliphatic carboxylic acids is 1. The van der Waals surface area contributed by atoms with E-state index in [0.29, 0.717) is 5.56 Å². The fourth-order valence-electron chi connectivity index (χ4n) is 7.75. The first-order chi connectivity index (χ1) is 26.5. The largest absolute Gasteiger partial charge is 0.479 e. The van der Waals surface area contributed by atoms with Crippen LogP contribution in [0.25, 0.3) is 11.1 Å². The fourth-order valence-corrected chi connectivity index (χ4v) is 7.75. The van der Waals surface area contributed by atoms with E-state index in [0.717, 1.165) is 43.2 Å². The number of hydrogen-bond acceptors (Lipinski definition) is 14. The van der Waals surface area contributed by atoms with Gasteiger partial charge in [-0.15, -0.1) is 0 Å². The number of ether oxygens (including phenoxy) is 6. The van der Waals surface area contributed by atoms with Crippen LogP contribution in [0.4, 0.5) is 0 Å². The number of amides is 1. The Morgan fingerprint density at radius 3 is 2.16 bits per heavy atom. The topological polar surface area (TPSA) is 243 Å². The Morgan fingerprint density at radius 2 is 1.47 bits per heavy atom. The molecule has 1 saturated carbocycles. The molecule has 55 heavy (non-hydrogen) atoms. The van der Waals surface area contributed by atoms with Gasteiger partial charge in [-0.05, 0) is 42.0 Å². The minimum absolute atomic E-state index is 0.0868. The Labute approximate surface area is 318 Å². The van der Waals surface area contributed by atoms with Crippen molar-refractivity contribution >= 4 is 11.9 Å². The van der Waals surface area contributed by atoms with E-state index in [9.17, 15) is 45.3 Å². The van der Waals surface area contributed by atoms with E-state index < -0.39 is 98.2 Å². The molecule has 0 bridgehead atoms. The van der Waals surface area contributed by atoms with Gasteiger partial charge < -0.3 is 69.5 Å². The molecule has 4 aliphatic rings. The highest BCUT2D eigenvalue weighted by atomic mass is 16.7. The van der Waals surface area contributed by atoms with Crippen molar-refractivity contribution in [1.29, 1.82) is 0 Å². The van der Waals surface area contributed by atoms with Gasteiger partial charge in [-0.3, -0.25) is 4.79 Å². The van der Waals surface area contributed by atoms with E-state index in [-0.39, 0.29) is 38.5 Å². The summed E-state index contributed by atoms with van der Waals surface area (Å²) >= 11 is 0. The Bertz CT molecular complexity index is 1510. The average molecular weight is 776 g/mol. The van der Waals surface area contributed by atoms with Gasteiger partial charge in [0.25, 0.3) is 5.91 Å². The number of rotatable bonds is 14. The summed E-state index contributed by atoms with van der Waals surface area (Å²) in [4.78, 5) is 25.6. The van der Waals surface area contributed by atoms with Crippen LogP contribution in [0.3, 0.4) is 0 Å². The summed E-state index contributed by atoms with van der Waals surface area (Å²) in [6.07, 6.45) is -13.2. The van der Waals surface area contributed by atoms with Crippen LogP contribution >= 0.6 is 0 Å². The summed E-state index contributed by atoms with van der Waals surface area (Å²) in [6.45, 7) is -1.08. The predicted molar refractivity (Wildman–Crippen MR) is 191 cm³/mol. The van der Waals surface area contributed by atoms with Crippen molar-refractivity contribution in [2.45, 2.75) is 125 Å². The second-order valence-corrected chi connectivity index (χ2v) is 14.8. The minimum atomic E-state index is -1.72. The minimum Gasteiger partial charge on any atom is -0.479 e. The summed E-state index contributed by atoms with van der Waals surface area (Å²) in [5, 5.41) is 76.6. The second kappa shape index (κ2) is 19.4. The normalized spacial score (nSPS) is 35.2. The zero-order valence-corrected chi connectivity index (χ0v) is 30.5. The number of carbonyl (C=O) groups excluding carboxylic acids is 1. The monoisotopic (exact) mass is 775 g/mol. The molecule has 3 heterocycles. The Balaban J connectivity index is 1.17. The highest BCUT2D eigenvalue weighted by molar-refractivity contribution is 5.94. The lowest BCUT2D eigenvalue weighted by Gasteiger charge is -2.46. The van der Waals surface area contributed by atoms with Crippen LogP contribution in [-0.4, -0.2) is 154 Å². The summed E-state index contributed by atoms with van der Waals surface area (Å²) < 4.78 is 35.7. The van der Waals surface area contributed by atoms with E-state index in [1.54, 1.807) is 12.1 Å². The zero-order valence-electron chi connectivity index (χ0n) is 30.5. The Hall–Kier alpha value is -3.10. The average Bonchev–Trinajstić information content (AvgIpc) is 3.20. The first-order valence-electron chi connectivity index (χ1n) is 19.1. The highest BCUT2D eigenvalue weighted by Crippen LogP contribution is 2.34. The van der Waals surface area contributed by atoms with E-state index in [1.165, 1.54) is 0 Å². The van der Waals surface area contributed by atoms with Crippen molar-refractivity contribution in [2.75, 3.05) is 26.4 Å². The smallest absolute Gasteiger partial charge is 0.332 e. The van der Waals surface area contributed by atoms with Crippen molar-refractivity contribution in [1.82, 2.24) is 5.32 Å². The van der Waals surface area contributed by atoms with Crippen molar-refractivity contribution in [3.05, 3.63) is 60.2 Å². The van der Waals surface area contributed by atoms with Crippen molar-refractivity contribution < 1.29 is 73.8 Å². The van der Waals surface area contributed by atoms with Gasteiger partial charge in [0.1, 0.15) is 54.9 Å². The third-order valence-corrected chi connectivity index (χ3v) is 10.9. The summed E-state index contributed by atoms with van der Waals surface area (Å²) in [5.41, 5.74) is 2.30. The molecule has 1 aliphatic carbocycles. The van der Waals surface area contributed by atoms with Crippen molar-refractivity contribution in [2.24, 2.45) is 5.92 Å². The number of hydrogen-bond donors (Lipinski definition) is 8. The third-order valence-electron chi connectivity index (χ3n) is 10.9. The number of aliphatic hydroxyl groups is 6. The molecule has 13 atom stereocenters. The lowest BCUT2D eigenvalue weighted by Crippen LogP contribution is -2.63. The number of carbonyl (C=O) groups is 2. The quantitative estimate of drug-likeness (QED) is 0.129. The molecule has 4 fully saturated rings. The van der Waals surface area contributed by atoms with Crippen LogP contribution in [0.15, 0.2) is 54.6 Å².